The van der Waals surface area contributed by atoms with Crippen LogP contribution in [0.4, 0.5) is 0 Å². The largest absolute Gasteiger partial charge is 0.371 e. The third kappa shape index (κ3) is 9.26. The molecule has 5 heteroatoms. The van der Waals surface area contributed by atoms with Gasteiger partial charge >= 0.3 is 0 Å². The Bertz CT molecular complexity index is 1130. The van der Waals surface area contributed by atoms with Crippen molar-refractivity contribution in [2.75, 3.05) is 31.1 Å². The maximum atomic E-state index is 6.07. The molecule has 4 aromatic carbocycles. The highest BCUT2D eigenvalue weighted by Crippen LogP contribution is 2.33. The predicted molar refractivity (Wildman–Crippen MR) is 169 cm³/mol. The number of ether oxygens (including phenoxy) is 2. The molecule has 0 atom stereocenters. The number of hydrogen-bond acceptors (Lipinski definition) is 4. The molecule has 204 valence electrons. The molecule has 4 nitrogen and oxygen atoms in total. The van der Waals surface area contributed by atoms with E-state index in [-0.39, 0.29) is 0 Å². The Balaban J connectivity index is 0.000000211. The van der Waals surface area contributed by atoms with Gasteiger partial charge in [0.15, 0.2) is 0 Å². The first-order valence-corrected chi connectivity index (χ1v) is 15.7. The topological polar surface area (TPSA) is 33.7 Å². The first-order chi connectivity index (χ1) is 19.3. The fourth-order valence-corrected chi connectivity index (χ4v) is 4.63. The lowest BCUT2D eigenvalue weighted by atomic mass is 9.94. The van der Waals surface area contributed by atoms with Crippen molar-refractivity contribution in [1.82, 2.24) is 10.2 Å². The average molecular weight is 635 g/mol. The highest BCUT2D eigenvalue weighted by molar-refractivity contribution is 14.1. The maximum absolute atomic E-state index is 6.07. The zero-order valence-corrected chi connectivity index (χ0v) is 24.8. The minimum atomic E-state index is 0.305. The molecule has 0 saturated carbocycles. The van der Waals surface area contributed by atoms with Crippen LogP contribution in [-0.2, 0) is 22.7 Å². The van der Waals surface area contributed by atoms with Crippen molar-refractivity contribution in [3.8, 4) is 0 Å². The second-order valence-corrected chi connectivity index (χ2v) is 9.67. The van der Waals surface area contributed by atoms with Gasteiger partial charge in [-0.3, -0.25) is 4.90 Å². The lowest BCUT2D eigenvalue weighted by molar-refractivity contribution is -0.0740. The van der Waals surface area contributed by atoms with Crippen molar-refractivity contribution < 1.29 is 9.47 Å². The van der Waals surface area contributed by atoms with E-state index in [1.165, 1.54) is 22.3 Å². The summed E-state index contributed by atoms with van der Waals surface area (Å²) in [5, 5.41) is 3.17. The Morgan fingerprint density at radius 2 is 1.00 bits per heavy atom. The normalized spacial score (nSPS) is 15.3. The number of halogens is 1. The van der Waals surface area contributed by atoms with Crippen molar-refractivity contribution >= 4 is 22.6 Å². The molecular weight excluding hydrogens is 595 g/mol. The Morgan fingerprint density at radius 1 is 0.615 bits per heavy atom. The van der Waals surface area contributed by atoms with Crippen LogP contribution in [0.5, 0.6) is 0 Å². The van der Waals surface area contributed by atoms with Gasteiger partial charge in [-0.2, -0.15) is 0 Å². The fraction of sp³-hybridized carbons (Fsp3) is 0.294. The molecule has 2 aliphatic rings. The number of benzene rings is 4. The van der Waals surface area contributed by atoms with Crippen LogP contribution in [0, 0.1) is 0 Å². The van der Waals surface area contributed by atoms with Crippen LogP contribution in [0.15, 0.2) is 121 Å². The van der Waals surface area contributed by atoms with Crippen molar-refractivity contribution in [2.24, 2.45) is 0 Å². The van der Waals surface area contributed by atoms with E-state index in [4.69, 9.17) is 9.47 Å². The zero-order valence-electron chi connectivity index (χ0n) is 22.7. The summed E-state index contributed by atoms with van der Waals surface area (Å²) in [6.45, 7) is 5.40. The van der Waals surface area contributed by atoms with E-state index >= 15 is 0 Å². The van der Waals surface area contributed by atoms with Crippen molar-refractivity contribution in [3.63, 3.8) is 0 Å². The van der Waals surface area contributed by atoms with Gasteiger partial charge in [-0.1, -0.05) is 144 Å². The molecule has 4 aromatic rings. The second kappa shape index (κ2) is 16.5. The standard InChI is InChI=1S/C23H23NO.C10H13NO.CH3I/c1-4-10-19(11-5-1)18-25-22-16-24(17-22)23(20-12-6-2-7-13-20)21-14-8-3-9-15-21;1-2-4-9(5-3-1)8-12-10-6-11-7-10;1-2/h1-15,22-23H,16-18H2;1-5,10-11H,6-8H2;1H3. The molecule has 6 rings (SSSR count). The number of rotatable bonds is 9. The van der Waals surface area contributed by atoms with Gasteiger partial charge in [0.25, 0.3) is 0 Å². The summed E-state index contributed by atoms with van der Waals surface area (Å²) in [6, 6.07) is 42.5. The van der Waals surface area contributed by atoms with E-state index in [1.807, 2.05) is 29.2 Å². The Morgan fingerprint density at radius 3 is 1.38 bits per heavy atom. The van der Waals surface area contributed by atoms with E-state index in [1.54, 1.807) is 0 Å². The molecule has 0 bridgehead atoms. The quantitative estimate of drug-likeness (QED) is 0.161. The molecule has 0 spiro atoms. The Kier molecular flexibility index (Phi) is 12.5. The van der Waals surface area contributed by atoms with E-state index in [2.05, 4.69) is 130 Å². The summed E-state index contributed by atoms with van der Waals surface area (Å²) in [5.74, 6) is 0. The minimum absolute atomic E-state index is 0.305. The molecule has 2 fully saturated rings. The molecule has 39 heavy (non-hydrogen) atoms. The SMILES string of the molecule is CI.c1ccc(COC2CN(C(c3ccccc3)c3ccccc3)C2)cc1.c1ccc(COC2CNC2)cc1. The average Bonchev–Trinajstić information content (AvgIpc) is 2.97. The summed E-state index contributed by atoms with van der Waals surface area (Å²) >= 11 is 2.15. The molecule has 0 amide bonds. The summed E-state index contributed by atoms with van der Waals surface area (Å²) in [7, 11) is 0. The highest BCUT2D eigenvalue weighted by atomic mass is 127. The van der Waals surface area contributed by atoms with Gasteiger partial charge in [-0.05, 0) is 27.2 Å². The molecule has 0 aliphatic carbocycles. The molecule has 0 unspecified atom stereocenters. The molecule has 0 radical (unpaired) electrons. The highest BCUT2D eigenvalue weighted by Gasteiger charge is 2.34. The number of likely N-dealkylation sites (tertiary alicyclic amines) is 1. The monoisotopic (exact) mass is 634 g/mol. The molecule has 0 aromatic heterocycles. The number of nitrogens with zero attached hydrogens (tertiary/aromatic N) is 1. The van der Waals surface area contributed by atoms with Crippen molar-refractivity contribution in [2.45, 2.75) is 31.5 Å². The van der Waals surface area contributed by atoms with Gasteiger partial charge in [-0.15, -0.1) is 0 Å². The molecule has 2 saturated heterocycles. The number of alkyl halides is 1. The van der Waals surface area contributed by atoms with E-state index < -0.39 is 0 Å². The minimum Gasteiger partial charge on any atom is -0.371 e. The van der Waals surface area contributed by atoms with E-state index in [0.29, 0.717) is 24.9 Å². The maximum Gasteiger partial charge on any atom is 0.0833 e. The summed E-state index contributed by atoms with van der Waals surface area (Å²) in [5.41, 5.74) is 5.18. The van der Waals surface area contributed by atoms with Crippen LogP contribution in [0.25, 0.3) is 0 Å². The Hall–Kier alpha value is -2.55. The van der Waals surface area contributed by atoms with Crippen LogP contribution in [0.2, 0.25) is 0 Å². The first kappa shape index (κ1) is 29.4. The molecular formula is C34H39IN2O2. The predicted octanol–water partition coefficient (Wildman–Crippen LogP) is 6.90. The van der Waals surface area contributed by atoms with Crippen LogP contribution in [0.1, 0.15) is 28.3 Å². The smallest absolute Gasteiger partial charge is 0.0833 e. The molecule has 2 aliphatic heterocycles. The number of nitrogens with one attached hydrogen (secondary N) is 1. The lowest BCUT2D eigenvalue weighted by Gasteiger charge is -2.44. The van der Waals surface area contributed by atoms with Gasteiger partial charge < -0.3 is 14.8 Å². The summed E-state index contributed by atoms with van der Waals surface area (Å²) < 4.78 is 11.7. The van der Waals surface area contributed by atoms with Gasteiger partial charge in [-0.25, -0.2) is 0 Å². The van der Waals surface area contributed by atoms with Crippen LogP contribution in [0.3, 0.4) is 0 Å². The van der Waals surface area contributed by atoms with Gasteiger partial charge in [0.1, 0.15) is 0 Å². The Labute approximate surface area is 247 Å². The van der Waals surface area contributed by atoms with E-state index in [0.717, 1.165) is 32.8 Å². The van der Waals surface area contributed by atoms with Gasteiger partial charge in [0.05, 0.1) is 31.5 Å². The van der Waals surface area contributed by atoms with Gasteiger partial charge in [0.2, 0.25) is 0 Å². The fourth-order valence-electron chi connectivity index (χ4n) is 4.63. The van der Waals surface area contributed by atoms with E-state index in [9.17, 15) is 0 Å². The van der Waals surface area contributed by atoms with Crippen LogP contribution < -0.4 is 5.32 Å². The third-order valence-corrected chi connectivity index (χ3v) is 6.87. The summed E-state index contributed by atoms with van der Waals surface area (Å²) in [6.07, 6.45) is 0.750. The van der Waals surface area contributed by atoms with Crippen molar-refractivity contribution in [3.05, 3.63) is 144 Å². The first-order valence-electron chi connectivity index (χ1n) is 13.6. The molecule has 1 N–H and O–H groups in total. The third-order valence-electron chi connectivity index (χ3n) is 6.87. The zero-order chi connectivity index (χ0) is 27.1. The van der Waals surface area contributed by atoms with Crippen molar-refractivity contribution in [1.29, 1.82) is 0 Å². The van der Waals surface area contributed by atoms with Crippen LogP contribution in [-0.4, -0.2) is 48.2 Å². The van der Waals surface area contributed by atoms with Crippen LogP contribution >= 0.6 is 22.6 Å². The lowest BCUT2D eigenvalue weighted by Crippen LogP contribution is -2.53. The van der Waals surface area contributed by atoms with Gasteiger partial charge in [0, 0.05) is 26.2 Å². The number of hydrogen-bond donors (Lipinski definition) is 1. The molecule has 2 heterocycles. The second-order valence-electron chi connectivity index (χ2n) is 9.67. The summed E-state index contributed by atoms with van der Waals surface area (Å²) in [4.78, 5) is 4.47.